The van der Waals surface area contributed by atoms with Crippen molar-refractivity contribution in [3.63, 3.8) is 0 Å². The molecule has 2 aliphatic heterocycles. The Morgan fingerprint density at radius 2 is 1.81 bits per heavy atom. The Labute approximate surface area is 189 Å². The molecule has 0 saturated carbocycles. The van der Waals surface area contributed by atoms with Crippen LogP contribution in [0.25, 0.3) is 11.1 Å². The zero-order valence-electron chi connectivity index (χ0n) is 18.3. The SMILES string of the molecule is CCC1Nc2ccc(-c3ccccc3F)cc2C2C1CCN2S(=O)(=O)c1ccc(C)cc1. The predicted octanol–water partition coefficient (Wildman–Crippen LogP) is 5.76. The van der Waals surface area contributed by atoms with E-state index in [-0.39, 0.29) is 23.8 Å². The number of rotatable bonds is 4. The Morgan fingerprint density at radius 1 is 1.06 bits per heavy atom. The summed E-state index contributed by atoms with van der Waals surface area (Å²) in [5.74, 6) is -0.113. The number of anilines is 1. The average Bonchev–Trinajstić information content (AvgIpc) is 3.25. The molecule has 3 aromatic carbocycles. The van der Waals surface area contributed by atoms with Crippen LogP contribution in [-0.2, 0) is 10.0 Å². The lowest BCUT2D eigenvalue weighted by molar-refractivity contribution is 0.304. The van der Waals surface area contributed by atoms with Gasteiger partial charge in [0.15, 0.2) is 0 Å². The van der Waals surface area contributed by atoms with Crippen LogP contribution in [0.15, 0.2) is 71.6 Å². The Morgan fingerprint density at radius 3 is 2.53 bits per heavy atom. The lowest BCUT2D eigenvalue weighted by Gasteiger charge is -2.39. The van der Waals surface area contributed by atoms with Crippen molar-refractivity contribution in [1.29, 1.82) is 0 Å². The zero-order chi connectivity index (χ0) is 22.5. The lowest BCUT2D eigenvalue weighted by Crippen LogP contribution is -2.40. The van der Waals surface area contributed by atoms with Crippen molar-refractivity contribution >= 4 is 15.7 Å². The van der Waals surface area contributed by atoms with Crippen molar-refractivity contribution in [2.45, 2.75) is 43.7 Å². The van der Waals surface area contributed by atoms with Crippen LogP contribution in [0.1, 0.15) is 36.9 Å². The molecule has 0 aromatic heterocycles. The first-order valence-corrected chi connectivity index (χ1v) is 12.6. The van der Waals surface area contributed by atoms with Gasteiger partial charge in [-0.1, -0.05) is 48.9 Å². The van der Waals surface area contributed by atoms with Crippen LogP contribution in [0.4, 0.5) is 10.1 Å². The minimum absolute atomic E-state index is 0.170. The summed E-state index contributed by atoms with van der Waals surface area (Å²) in [6, 6.07) is 19.5. The Balaban J connectivity index is 1.62. The van der Waals surface area contributed by atoms with Gasteiger partial charge in [0.2, 0.25) is 10.0 Å². The second-order valence-corrected chi connectivity index (χ2v) is 10.7. The maximum atomic E-state index is 14.5. The van der Waals surface area contributed by atoms with E-state index in [1.54, 1.807) is 28.6 Å². The second kappa shape index (κ2) is 8.01. The van der Waals surface area contributed by atoms with Gasteiger partial charge in [-0.05, 0) is 61.2 Å². The molecular weight excluding hydrogens is 423 g/mol. The third-order valence-corrected chi connectivity index (χ3v) is 8.77. The third kappa shape index (κ3) is 3.42. The van der Waals surface area contributed by atoms with Crippen LogP contribution in [0.2, 0.25) is 0 Å². The van der Waals surface area contributed by atoms with Crippen LogP contribution < -0.4 is 5.32 Å². The fourth-order valence-corrected chi connectivity index (χ4v) is 6.89. The molecule has 1 fully saturated rings. The average molecular weight is 451 g/mol. The molecule has 1 saturated heterocycles. The summed E-state index contributed by atoms with van der Waals surface area (Å²) in [5.41, 5.74) is 4.17. The summed E-state index contributed by atoms with van der Waals surface area (Å²) in [6.45, 7) is 4.55. The molecular formula is C26H27FN2O2S. The van der Waals surface area contributed by atoms with Crippen molar-refractivity contribution in [2.75, 3.05) is 11.9 Å². The molecule has 5 rings (SSSR count). The first-order valence-electron chi connectivity index (χ1n) is 11.1. The Hall–Kier alpha value is -2.70. The first kappa shape index (κ1) is 21.2. The molecule has 6 heteroatoms. The van der Waals surface area contributed by atoms with E-state index in [2.05, 4.69) is 12.2 Å². The molecule has 0 amide bonds. The lowest BCUT2D eigenvalue weighted by atomic mass is 9.81. The molecule has 1 N–H and O–H groups in total. The van der Waals surface area contributed by atoms with E-state index in [0.717, 1.165) is 35.2 Å². The van der Waals surface area contributed by atoms with Gasteiger partial charge in [-0.25, -0.2) is 12.8 Å². The molecule has 0 spiro atoms. The highest BCUT2D eigenvalue weighted by molar-refractivity contribution is 7.89. The Bertz CT molecular complexity index is 1260. The van der Waals surface area contributed by atoms with Gasteiger partial charge in [-0.15, -0.1) is 0 Å². The van der Waals surface area contributed by atoms with Crippen LogP contribution in [-0.4, -0.2) is 25.3 Å². The van der Waals surface area contributed by atoms with E-state index in [4.69, 9.17) is 0 Å². The number of benzene rings is 3. The maximum Gasteiger partial charge on any atom is 0.243 e. The quantitative estimate of drug-likeness (QED) is 0.550. The number of hydrogen-bond acceptors (Lipinski definition) is 3. The predicted molar refractivity (Wildman–Crippen MR) is 125 cm³/mol. The number of sulfonamides is 1. The van der Waals surface area contributed by atoms with Gasteiger partial charge < -0.3 is 5.32 Å². The highest BCUT2D eigenvalue weighted by Gasteiger charge is 2.48. The number of hydrogen-bond donors (Lipinski definition) is 1. The van der Waals surface area contributed by atoms with E-state index in [1.165, 1.54) is 6.07 Å². The fraction of sp³-hybridized carbons (Fsp3) is 0.308. The van der Waals surface area contributed by atoms with Crippen molar-refractivity contribution in [1.82, 2.24) is 4.31 Å². The molecule has 0 aliphatic carbocycles. The van der Waals surface area contributed by atoms with Gasteiger partial charge in [0.1, 0.15) is 5.82 Å². The number of aryl methyl sites for hydroxylation is 1. The monoisotopic (exact) mass is 450 g/mol. The summed E-state index contributed by atoms with van der Waals surface area (Å²) < 4.78 is 43.5. The highest BCUT2D eigenvalue weighted by Crippen LogP contribution is 2.50. The summed E-state index contributed by atoms with van der Waals surface area (Å²) >= 11 is 0. The van der Waals surface area contributed by atoms with Crippen molar-refractivity contribution < 1.29 is 12.8 Å². The summed E-state index contributed by atoms with van der Waals surface area (Å²) in [7, 11) is -3.65. The smallest absolute Gasteiger partial charge is 0.243 e. The minimum atomic E-state index is -3.65. The molecule has 166 valence electrons. The molecule has 2 aliphatic rings. The van der Waals surface area contributed by atoms with Crippen molar-refractivity contribution in [2.24, 2.45) is 5.92 Å². The fourth-order valence-electron chi connectivity index (χ4n) is 5.22. The molecule has 2 heterocycles. The number of halogens is 1. The second-order valence-electron chi connectivity index (χ2n) is 8.77. The normalized spacial score (nSPS) is 22.8. The van der Waals surface area contributed by atoms with Gasteiger partial charge in [0.25, 0.3) is 0 Å². The van der Waals surface area contributed by atoms with E-state index >= 15 is 0 Å². The summed E-state index contributed by atoms with van der Waals surface area (Å²) in [4.78, 5) is 0.321. The van der Waals surface area contributed by atoms with E-state index in [9.17, 15) is 12.8 Å². The standard InChI is InChI=1S/C26H27FN2O2S/c1-3-24-21-14-15-29(32(30,31)19-11-8-17(2)9-12-19)26(21)22-16-18(10-13-25(22)28-24)20-6-4-5-7-23(20)27/h4-13,16,21,24,26,28H,3,14-15H2,1-2H3. The number of fused-ring (bicyclic) bond motifs is 3. The van der Waals surface area contributed by atoms with Crippen LogP contribution >= 0.6 is 0 Å². The molecule has 3 atom stereocenters. The highest BCUT2D eigenvalue weighted by atomic mass is 32.2. The number of nitrogens with one attached hydrogen (secondary N) is 1. The molecule has 3 unspecified atom stereocenters. The zero-order valence-corrected chi connectivity index (χ0v) is 19.1. The summed E-state index contributed by atoms with van der Waals surface area (Å²) in [6.07, 6.45) is 1.71. The van der Waals surface area contributed by atoms with Crippen LogP contribution in [0.5, 0.6) is 0 Å². The van der Waals surface area contributed by atoms with E-state index in [0.29, 0.717) is 17.0 Å². The maximum absolute atomic E-state index is 14.5. The van der Waals surface area contributed by atoms with Gasteiger partial charge >= 0.3 is 0 Å². The van der Waals surface area contributed by atoms with E-state index in [1.807, 2.05) is 43.3 Å². The third-order valence-electron chi connectivity index (χ3n) is 6.88. The molecule has 0 radical (unpaired) electrons. The Kier molecular flexibility index (Phi) is 5.30. The molecule has 0 bridgehead atoms. The van der Waals surface area contributed by atoms with Crippen LogP contribution in [0, 0.1) is 18.7 Å². The first-order chi connectivity index (χ1) is 15.4. The number of nitrogens with zero attached hydrogens (tertiary/aromatic N) is 1. The molecule has 3 aromatic rings. The van der Waals surface area contributed by atoms with E-state index < -0.39 is 10.0 Å². The molecule has 4 nitrogen and oxygen atoms in total. The van der Waals surface area contributed by atoms with Gasteiger partial charge in [-0.3, -0.25) is 0 Å². The topological polar surface area (TPSA) is 49.4 Å². The summed E-state index contributed by atoms with van der Waals surface area (Å²) in [5, 5.41) is 3.62. The van der Waals surface area contributed by atoms with Gasteiger partial charge in [0, 0.05) is 29.8 Å². The van der Waals surface area contributed by atoms with Gasteiger partial charge in [0.05, 0.1) is 10.9 Å². The van der Waals surface area contributed by atoms with Crippen molar-refractivity contribution in [3.8, 4) is 11.1 Å². The van der Waals surface area contributed by atoms with Crippen LogP contribution in [0.3, 0.4) is 0 Å². The van der Waals surface area contributed by atoms with Crippen molar-refractivity contribution in [3.05, 3.63) is 83.7 Å². The molecule has 32 heavy (non-hydrogen) atoms. The largest absolute Gasteiger partial charge is 0.382 e. The minimum Gasteiger partial charge on any atom is -0.382 e. The van der Waals surface area contributed by atoms with Gasteiger partial charge in [-0.2, -0.15) is 4.31 Å².